The highest BCUT2D eigenvalue weighted by Crippen LogP contribution is 2.17. The lowest BCUT2D eigenvalue weighted by Crippen LogP contribution is -2.34. The molecule has 2 N–H and O–H groups in total. The maximum Gasteiger partial charge on any atom is 0.223 e. The highest BCUT2D eigenvalue weighted by Gasteiger charge is 2.17. The van der Waals surface area contributed by atoms with Gasteiger partial charge in [-0.1, -0.05) is 12.2 Å². The van der Waals surface area contributed by atoms with Gasteiger partial charge in [0.1, 0.15) is 5.82 Å². The first-order valence-corrected chi connectivity index (χ1v) is 6.29. The van der Waals surface area contributed by atoms with Crippen molar-refractivity contribution in [3.05, 3.63) is 30.7 Å². The van der Waals surface area contributed by atoms with Crippen molar-refractivity contribution < 1.29 is 4.79 Å². The fourth-order valence-corrected chi connectivity index (χ4v) is 1.94. The summed E-state index contributed by atoms with van der Waals surface area (Å²) in [6, 6.07) is 0. The zero-order valence-corrected chi connectivity index (χ0v) is 10.3. The number of carbonyl (C=O) groups excluding carboxylic acids is 1. The fraction of sp³-hybridized carbons (Fsp3) is 0.462. The Labute approximate surface area is 107 Å². The molecule has 0 aliphatic heterocycles. The van der Waals surface area contributed by atoms with Gasteiger partial charge < -0.3 is 10.6 Å². The summed E-state index contributed by atoms with van der Waals surface area (Å²) >= 11 is 0. The molecule has 1 amide bonds. The van der Waals surface area contributed by atoms with Crippen LogP contribution in [0.1, 0.15) is 19.3 Å². The molecule has 1 atom stereocenters. The lowest BCUT2D eigenvalue weighted by Gasteiger charge is -2.17. The van der Waals surface area contributed by atoms with E-state index < -0.39 is 0 Å². The first-order chi connectivity index (χ1) is 8.86. The normalized spacial score (nSPS) is 18.3. The largest absolute Gasteiger partial charge is 0.367 e. The molecule has 0 bridgehead atoms. The molecule has 0 radical (unpaired) electrons. The van der Waals surface area contributed by atoms with E-state index in [0.29, 0.717) is 13.1 Å². The van der Waals surface area contributed by atoms with E-state index in [2.05, 4.69) is 32.8 Å². The number of nitrogens with zero attached hydrogens (tertiary/aromatic N) is 2. The van der Waals surface area contributed by atoms with E-state index in [1.165, 1.54) is 0 Å². The lowest BCUT2D eigenvalue weighted by molar-refractivity contribution is -0.125. The second kappa shape index (κ2) is 6.74. The van der Waals surface area contributed by atoms with E-state index in [-0.39, 0.29) is 11.8 Å². The van der Waals surface area contributed by atoms with Crippen LogP contribution in [-0.2, 0) is 4.79 Å². The molecule has 0 unspecified atom stereocenters. The van der Waals surface area contributed by atoms with E-state index >= 15 is 0 Å². The number of rotatable bonds is 5. The quantitative estimate of drug-likeness (QED) is 0.608. The Kier molecular flexibility index (Phi) is 4.69. The van der Waals surface area contributed by atoms with E-state index in [1.807, 2.05) is 0 Å². The molecule has 96 valence electrons. The molecule has 1 aromatic rings. The topological polar surface area (TPSA) is 66.9 Å². The minimum absolute atomic E-state index is 0.145. The number of nitrogens with one attached hydrogen (secondary N) is 2. The predicted molar refractivity (Wildman–Crippen MR) is 70.0 cm³/mol. The van der Waals surface area contributed by atoms with Crippen LogP contribution in [0.25, 0.3) is 0 Å². The van der Waals surface area contributed by atoms with Gasteiger partial charge in [0.25, 0.3) is 0 Å². The molecule has 1 aliphatic carbocycles. The number of aromatic nitrogens is 2. The van der Waals surface area contributed by atoms with Crippen molar-refractivity contribution >= 4 is 11.7 Å². The van der Waals surface area contributed by atoms with Crippen molar-refractivity contribution in [2.75, 3.05) is 18.4 Å². The molecule has 0 spiro atoms. The zero-order chi connectivity index (χ0) is 12.6. The number of amides is 1. The minimum Gasteiger partial charge on any atom is -0.367 e. The summed E-state index contributed by atoms with van der Waals surface area (Å²) in [7, 11) is 0. The first-order valence-electron chi connectivity index (χ1n) is 6.29. The van der Waals surface area contributed by atoms with Gasteiger partial charge in [-0.25, -0.2) is 4.98 Å². The Morgan fingerprint density at radius 2 is 2.28 bits per heavy atom. The molecule has 0 fully saturated rings. The summed E-state index contributed by atoms with van der Waals surface area (Å²) in [6.45, 7) is 1.27. The molecule has 0 saturated heterocycles. The van der Waals surface area contributed by atoms with Crippen LogP contribution in [0, 0.1) is 5.92 Å². The Morgan fingerprint density at radius 1 is 1.33 bits per heavy atom. The van der Waals surface area contributed by atoms with Gasteiger partial charge in [0.2, 0.25) is 5.91 Å². The van der Waals surface area contributed by atoms with Gasteiger partial charge in [0.05, 0.1) is 6.20 Å². The maximum atomic E-state index is 11.8. The van der Waals surface area contributed by atoms with E-state index in [1.54, 1.807) is 18.6 Å². The third kappa shape index (κ3) is 3.84. The van der Waals surface area contributed by atoms with Crippen LogP contribution in [0.2, 0.25) is 0 Å². The van der Waals surface area contributed by atoms with Crippen LogP contribution >= 0.6 is 0 Å². The van der Waals surface area contributed by atoms with E-state index in [4.69, 9.17) is 0 Å². The SMILES string of the molecule is O=C(NCCNc1cnccn1)[C@H]1CC=CCC1. The van der Waals surface area contributed by atoms with Gasteiger partial charge in [-0.15, -0.1) is 0 Å². The fourth-order valence-electron chi connectivity index (χ4n) is 1.94. The van der Waals surface area contributed by atoms with Gasteiger partial charge in [-0.3, -0.25) is 9.78 Å². The molecule has 0 aromatic carbocycles. The third-order valence-electron chi connectivity index (χ3n) is 2.93. The second-order valence-electron chi connectivity index (χ2n) is 4.29. The summed E-state index contributed by atoms with van der Waals surface area (Å²) in [5.74, 6) is 1.03. The Balaban J connectivity index is 1.63. The van der Waals surface area contributed by atoms with Gasteiger partial charge in [0, 0.05) is 31.4 Å². The molecule has 0 saturated carbocycles. The molecule has 1 aromatic heterocycles. The minimum atomic E-state index is 0.145. The van der Waals surface area contributed by atoms with Gasteiger partial charge in [-0.05, 0) is 19.3 Å². The van der Waals surface area contributed by atoms with Crippen LogP contribution in [-0.4, -0.2) is 29.0 Å². The summed E-state index contributed by atoms with van der Waals surface area (Å²) in [4.78, 5) is 19.9. The van der Waals surface area contributed by atoms with Crippen LogP contribution in [0.4, 0.5) is 5.82 Å². The van der Waals surface area contributed by atoms with Gasteiger partial charge in [-0.2, -0.15) is 0 Å². The molecule has 5 heteroatoms. The Morgan fingerprint density at radius 3 is 3.00 bits per heavy atom. The van der Waals surface area contributed by atoms with E-state index in [0.717, 1.165) is 25.1 Å². The lowest BCUT2D eigenvalue weighted by atomic mass is 9.94. The van der Waals surface area contributed by atoms with Crippen LogP contribution in [0.5, 0.6) is 0 Å². The monoisotopic (exact) mass is 246 g/mol. The van der Waals surface area contributed by atoms with Crippen molar-refractivity contribution in [3.8, 4) is 0 Å². The predicted octanol–water partition coefficient (Wildman–Crippen LogP) is 1.36. The number of carbonyl (C=O) groups is 1. The number of hydrogen-bond donors (Lipinski definition) is 2. The smallest absolute Gasteiger partial charge is 0.223 e. The number of hydrogen-bond acceptors (Lipinski definition) is 4. The average molecular weight is 246 g/mol. The Bertz CT molecular complexity index is 405. The zero-order valence-electron chi connectivity index (χ0n) is 10.3. The summed E-state index contributed by atoms with van der Waals surface area (Å²) in [6.07, 6.45) is 12.0. The van der Waals surface area contributed by atoms with E-state index in [9.17, 15) is 4.79 Å². The van der Waals surface area contributed by atoms with Crippen LogP contribution < -0.4 is 10.6 Å². The maximum absolute atomic E-state index is 11.8. The molecule has 5 nitrogen and oxygen atoms in total. The van der Waals surface area contributed by atoms with Crippen molar-refractivity contribution in [3.63, 3.8) is 0 Å². The first kappa shape index (κ1) is 12.5. The Hall–Kier alpha value is -1.91. The van der Waals surface area contributed by atoms with Gasteiger partial charge >= 0.3 is 0 Å². The summed E-state index contributed by atoms with van der Waals surface area (Å²) in [5, 5.41) is 6.04. The molecule has 1 aliphatic rings. The molecular formula is C13H18N4O. The van der Waals surface area contributed by atoms with Gasteiger partial charge in [0.15, 0.2) is 0 Å². The molecule has 1 heterocycles. The molecule has 18 heavy (non-hydrogen) atoms. The van der Waals surface area contributed by atoms with Crippen molar-refractivity contribution in [1.82, 2.24) is 15.3 Å². The summed E-state index contributed by atoms with van der Waals surface area (Å²) in [5.41, 5.74) is 0. The molecule has 2 rings (SSSR count). The highest BCUT2D eigenvalue weighted by atomic mass is 16.1. The van der Waals surface area contributed by atoms with Crippen molar-refractivity contribution in [2.24, 2.45) is 5.92 Å². The number of anilines is 1. The number of allylic oxidation sites excluding steroid dienone is 2. The van der Waals surface area contributed by atoms with Crippen molar-refractivity contribution in [2.45, 2.75) is 19.3 Å². The van der Waals surface area contributed by atoms with Crippen LogP contribution in [0.15, 0.2) is 30.7 Å². The average Bonchev–Trinajstić information content (AvgIpc) is 2.45. The third-order valence-corrected chi connectivity index (χ3v) is 2.93. The van der Waals surface area contributed by atoms with Crippen molar-refractivity contribution in [1.29, 1.82) is 0 Å². The van der Waals surface area contributed by atoms with Crippen LogP contribution in [0.3, 0.4) is 0 Å². The highest BCUT2D eigenvalue weighted by molar-refractivity contribution is 5.78. The molecular weight excluding hydrogens is 228 g/mol. The second-order valence-corrected chi connectivity index (χ2v) is 4.29. The summed E-state index contributed by atoms with van der Waals surface area (Å²) < 4.78 is 0. The standard InChI is InChI=1S/C13H18N4O/c18-13(11-4-2-1-3-5-11)17-9-8-16-12-10-14-6-7-15-12/h1-2,6-7,10-11H,3-5,8-9H2,(H,15,16)(H,17,18)/t11-/m0/s1.